The molecule has 106 valence electrons. The van der Waals surface area contributed by atoms with Crippen molar-refractivity contribution >= 4 is 17.7 Å². The molecule has 0 bridgehead atoms. The molecular weight excluding hydrogens is 274 g/mol. The molecule has 0 radical (unpaired) electrons. The predicted octanol–water partition coefficient (Wildman–Crippen LogP) is 2.93. The third kappa shape index (κ3) is 3.39. The van der Waals surface area contributed by atoms with Crippen LogP contribution in [-0.2, 0) is 9.53 Å². The molecule has 1 N–H and O–H groups in total. The smallest absolute Gasteiger partial charge is 0.323 e. The molecule has 1 heterocycles. The minimum Gasteiger partial charge on any atom is -0.468 e. The minimum atomic E-state index is -0.461. The van der Waals surface area contributed by atoms with E-state index in [0.717, 1.165) is 11.4 Å². The highest BCUT2D eigenvalue weighted by Crippen LogP contribution is 2.34. The molecule has 2 rings (SSSR count). The van der Waals surface area contributed by atoms with Gasteiger partial charge in [-0.3, -0.25) is 9.89 Å². The Morgan fingerprint density at radius 2 is 2.00 bits per heavy atom. The zero-order valence-corrected chi connectivity index (χ0v) is 12.5. The number of hydrogen-bond acceptors (Lipinski definition) is 5. The fourth-order valence-electron chi connectivity index (χ4n) is 1.66. The number of esters is 1. The van der Waals surface area contributed by atoms with E-state index in [9.17, 15) is 4.79 Å². The Hall–Kier alpha value is -1.82. The van der Waals surface area contributed by atoms with Crippen LogP contribution in [-0.4, -0.2) is 28.3 Å². The van der Waals surface area contributed by atoms with E-state index < -0.39 is 5.25 Å². The number of aromatic amines is 1. The summed E-state index contributed by atoms with van der Waals surface area (Å²) in [5.41, 5.74) is 0.875. The van der Waals surface area contributed by atoms with E-state index in [1.54, 1.807) is 0 Å². The molecule has 0 aliphatic rings. The molecule has 0 amide bonds. The molecule has 0 fully saturated rings. The standard InChI is InChI=1S/C14H17N3O2S/c1-9(2)12-15-14(17-16-12)20-11(13(18)19-3)10-7-5-4-6-8-10/h4-9,11H,1-3H3,(H,15,16,17). The lowest BCUT2D eigenvalue weighted by Gasteiger charge is -2.12. The van der Waals surface area contributed by atoms with E-state index in [2.05, 4.69) is 15.2 Å². The number of aromatic nitrogens is 3. The maximum atomic E-state index is 11.9. The summed E-state index contributed by atoms with van der Waals surface area (Å²) >= 11 is 1.28. The van der Waals surface area contributed by atoms with Crippen molar-refractivity contribution in [3.63, 3.8) is 0 Å². The number of thioether (sulfide) groups is 1. The number of nitrogens with one attached hydrogen (secondary N) is 1. The van der Waals surface area contributed by atoms with Crippen molar-refractivity contribution in [2.45, 2.75) is 30.2 Å². The van der Waals surface area contributed by atoms with Gasteiger partial charge in [-0.25, -0.2) is 4.98 Å². The summed E-state index contributed by atoms with van der Waals surface area (Å²) in [4.78, 5) is 16.3. The van der Waals surface area contributed by atoms with Gasteiger partial charge in [-0.2, -0.15) is 0 Å². The van der Waals surface area contributed by atoms with E-state index in [-0.39, 0.29) is 11.9 Å². The Labute approximate surface area is 122 Å². The highest BCUT2D eigenvalue weighted by Gasteiger charge is 2.24. The largest absolute Gasteiger partial charge is 0.468 e. The van der Waals surface area contributed by atoms with Crippen molar-refractivity contribution in [3.8, 4) is 0 Å². The van der Waals surface area contributed by atoms with Crippen LogP contribution in [0.5, 0.6) is 0 Å². The molecule has 5 nitrogen and oxygen atoms in total. The van der Waals surface area contributed by atoms with Crippen LogP contribution in [0.15, 0.2) is 35.5 Å². The quantitative estimate of drug-likeness (QED) is 0.677. The zero-order valence-electron chi connectivity index (χ0n) is 11.7. The van der Waals surface area contributed by atoms with Crippen LogP contribution in [0.25, 0.3) is 0 Å². The molecule has 0 aliphatic carbocycles. The third-order valence-electron chi connectivity index (χ3n) is 2.77. The number of rotatable bonds is 5. The second-order valence-electron chi connectivity index (χ2n) is 4.59. The minimum absolute atomic E-state index is 0.269. The molecule has 0 saturated heterocycles. The number of nitrogens with zero attached hydrogens (tertiary/aromatic N) is 2. The van der Waals surface area contributed by atoms with Gasteiger partial charge in [0.05, 0.1) is 7.11 Å². The number of benzene rings is 1. The SMILES string of the molecule is COC(=O)C(Sc1n[nH]c(C(C)C)n1)c1ccccc1. The highest BCUT2D eigenvalue weighted by molar-refractivity contribution is 8.00. The van der Waals surface area contributed by atoms with Gasteiger partial charge in [-0.05, 0) is 5.56 Å². The topological polar surface area (TPSA) is 67.9 Å². The van der Waals surface area contributed by atoms with Crippen molar-refractivity contribution in [1.82, 2.24) is 15.2 Å². The fraction of sp³-hybridized carbons (Fsp3) is 0.357. The number of carbonyl (C=O) groups excluding carboxylic acids is 1. The molecule has 0 spiro atoms. The van der Waals surface area contributed by atoms with E-state index in [1.165, 1.54) is 18.9 Å². The second kappa shape index (κ2) is 6.56. The monoisotopic (exact) mass is 291 g/mol. The van der Waals surface area contributed by atoms with Crippen LogP contribution in [0.1, 0.15) is 36.4 Å². The van der Waals surface area contributed by atoms with Gasteiger partial charge in [-0.15, -0.1) is 5.10 Å². The van der Waals surface area contributed by atoms with Crippen LogP contribution in [0.2, 0.25) is 0 Å². The molecule has 2 aromatic rings. The van der Waals surface area contributed by atoms with E-state index in [4.69, 9.17) is 4.74 Å². The molecule has 1 unspecified atom stereocenters. The number of hydrogen-bond donors (Lipinski definition) is 1. The second-order valence-corrected chi connectivity index (χ2v) is 5.66. The van der Waals surface area contributed by atoms with Crippen molar-refractivity contribution in [1.29, 1.82) is 0 Å². The molecule has 1 aromatic carbocycles. The number of methoxy groups -OCH3 is 1. The van der Waals surface area contributed by atoms with Gasteiger partial charge >= 0.3 is 5.97 Å². The molecule has 1 atom stereocenters. The fourth-order valence-corrected chi connectivity index (χ4v) is 2.61. The van der Waals surface area contributed by atoms with Crippen molar-refractivity contribution in [3.05, 3.63) is 41.7 Å². The zero-order chi connectivity index (χ0) is 14.5. The van der Waals surface area contributed by atoms with Gasteiger partial charge in [-0.1, -0.05) is 55.9 Å². The maximum Gasteiger partial charge on any atom is 0.323 e. The lowest BCUT2D eigenvalue weighted by Crippen LogP contribution is -2.11. The normalized spacial score (nSPS) is 12.4. The lowest BCUT2D eigenvalue weighted by molar-refractivity contribution is -0.140. The average molecular weight is 291 g/mol. The summed E-state index contributed by atoms with van der Waals surface area (Å²) in [6, 6.07) is 9.48. The predicted molar refractivity (Wildman–Crippen MR) is 77.5 cm³/mol. The Morgan fingerprint density at radius 3 is 2.55 bits per heavy atom. The van der Waals surface area contributed by atoms with Crippen LogP contribution in [0.4, 0.5) is 0 Å². The van der Waals surface area contributed by atoms with E-state index >= 15 is 0 Å². The Bertz CT molecular complexity index is 569. The molecule has 6 heteroatoms. The number of carbonyl (C=O) groups is 1. The summed E-state index contributed by atoms with van der Waals surface area (Å²) < 4.78 is 4.87. The summed E-state index contributed by atoms with van der Waals surface area (Å²) in [5.74, 6) is 0.770. The molecule has 0 aliphatic heterocycles. The lowest BCUT2D eigenvalue weighted by atomic mass is 10.1. The first kappa shape index (κ1) is 14.6. The number of H-pyrrole nitrogens is 1. The van der Waals surface area contributed by atoms with Crippen molar-refractivity contribution in [2.75, 3.05) is 7.11 Å². The van der Waals surface area contributed by atoms with Crippen molar-refractivity contribution in [2.24, 2.45) is 0 Å². The van der Waals surface area contributed by atoms with Crippen molar-refractivity contribution < 1.29 is 9.53 Å². The first-order chi connectivity index (χ1) is 9.61. The van der Waals surface area contributed by atoms with Crippen LogP contribution < -0.4 is 0 Å². The summed E-state index contributed by atoms with van der Waals surface area (Å²) in [6.45, 7) is 4.06. The maximum absolute atomic E-state index is 11.9. The first-order valence-electron chi connectivity index (χ1n) is 6.33. The van der Waals surface area contributed by atoms with Crippen LogP contribution in [0.3, 0.4) is 0 Å². The average Bonchev–Trinajstić information content (AvgIpc) is 2.94. The van der Waals surface area contributed by atoms with Gasteiger partial charge in [0.2, 0.25) is 5.16 Å². The van der Waals surface area contributed by atoms with E-state index in [1.807, 2.05) is 44.2 Å². The molecular formula is C14H17N3O2S. The van der Waals surface area contributed by atoms with Gasteiger partial charge in [0.15, 0.2) is 0 Å². The molecule has 20 heavy (non-hydrogen) atoms. The molecule has 1 aromatic heterocycles. The van der Waals surface area contributed by atoms with Gasteiger partial charge in [0.25, 0.3) is 0 Å². The summed E-state index contributed by atoms with van der Waals surface area (Å²) in [7, 11) is 1.39. The van der Waals surface area contributed by atoms with Crippen LogP contribution in [0, 0.1) is 0 Å². The first-order valence-corrected chi connectivity index (χ1v) is 7.21. The Morgan fingerprint density at radius 1 is 1.30 bits per heavy atom. The van der Waals surface area contributed by atoms with Crippen LogP contribution >= 0.6 is 11.8 Å². The summed E-state index contributed by atoms with van der Waals surface area (Å²) in [6.07, 6.45) is 0. The van der Waals surface area contributed by atoms with Gasteiger partial charge < -0.3 is 4.74 Å². The number of ether oxygens (including phenoxy) is 1. The molecule has 0 saturated carbocycles. The Kier molecular flexibility index (Phi) is 4.79. The summed E-state index contributed by atoms with van der Waals surface area (Å²) in [5, 5.41) is 7.11. The highest BCUT2D eigenvalue weighted by atomic mass is 32.2. The van der Waals surface area contributed by atoms with E-state index in [0.29, 0.717) is 5.16 Å². The van der Waals surface area contributed by atoms with Gasteiger partial charge in [0.1, 0.15) is 11.1 Å². The Balaban J connectivity index is 2.22. The van der Waals surface area contributed by atoms with Gasteiger partial charge in [0, 0.05) is 5.92 Å². The third-order valence-corrected chi connectivity index (χ3v) is 3.86.